The van der Waals surface area contributed by atoms with Gasteiger partial charge in [0.15, 0.2) is 11.5 Å². The summed E-state index contributed by atoms with van der Waals surface area (Å²) in [6, 6.07) is 16.2. The van der Waals surface area contributed by atoms with Gasteiger partial charge in [-0.05, 0) is 42.8 Å². The Morgan fingerprint density at radius 2 is 1.96 bits per heavy atom. The molecule has 0 unspecified atom stereocenters. The lowest BCUT2D eigenvalue weighted by atomic mass is 10.1. The smallest absolute Gasteiger partial charge is 0.153 e. The van der Waals surface area contributed by atoms with Crippen LogP contribution >= 0.6 is 0 Å². The Hall–Kier alpha value is -3.74. The van der Waals surface area contributed by atoms with Crippen LogP contribution in [0.2, 0.25) is 0 Å². The molecule has 5 rings (SSSR count). The first-order valence-corrected chi connectivity index (χ1v) is 9.26. The Balaban J connectivity index is 1.47. The molecule has 1 aromatic carbocycles. The second kappa shape index (κ2) is 6.77. The zero-order valence-corrected chi connectivity index (χ0v) is 15.4. The second-order valence-corrected chi connectivity index (χ2v) is 6.60. The molecule has 0 saturated carbocycles. The number of hydrogen-bond donors (Lipinski definition) is 1. The van der Waals surface area contributed by atoms with E-state index in [0.717, 1.165) is 46.8 Å². The summed E-state index contributed by atoms with van der Waals surface area (Å²) in [5.74, 6) is 1.67. The van der Waals surface area contributed by atoms with Gasteiger partial charge in [-0.15, -0.1) is 5.10 Å². The third-order valence-electron chi connectivity index (χ3n) is 4.76. The highest BCUT2D eigenvalue weighted by molar-refractivity contribution is 5.79. The Kier molecular flexibility index (Phi) is 3.97. The fraction of sp³-hybridized carbons (Fsp3) is 0.143. The Bertz CT molecular complexity index is 1270. The SMILES string of the molecule is CCn1nccc1Nc1ccc2ncc(Cc3ccc4ncccc4c3)n2n1. The summed E-state index contributed by atoms with van der Waals surface area (Å²) in [7, 11) is 0. The molecule has 0 aliphatic heterocycles. The summed E-state index contributed by atoms with van der Waals surface area (Å²) in [6.45, 7) is 2.85. The third kappa shape index (κ3) is 2.96. The third-order valence-corrected chi connectivity index (χ3v) is 4.76. The maximum Gasteiger partial charge on any atom is 0.153 e. The van der Waals surface area contributed by atoms with Crippen molar-refractivity contribution in [1.82, 2.24) is 29.4 Å². The Morgan fingerprint density at radius 1 is 1.00 bits per heavy atom. The van der Waals surface area contributed by atoms with Crippen LogP contribution in [0.4, 0.5) is 11.6 Å². The molecule has 0 atom stereocenters. The van der Waals surface area contributed by atoms with Gasteiger partial charge in [-0.1, -0.05) is 12.1 Å². The molecule has 7 nitrogen and oxygen atoms in total. The predicted molar refractivity (Wildman–Crippen MR) is 109 cm³/mol. The number of anilines is 2. The van der Waals surface area contributed by atoms with Gasteiger partial charge in [0, 0.05) is 30.6 Å². The largest absolute Gasteiger partial charge is 0.324 e. The zero-order chi connectivity index (χ0) is 18.9. The zero-order valence-electron chi connectivity index (χ0n) is 15.4. The fourth-order valence-electron chi connectivity index (χ4n) is 3.37. The lowest BCUT2D eigenvalue weighted by molar-refractivity contribution is 0.667. The van der Waals surface area contributed by atoms with E-state index < -0.39 is 0 Å². The van der Waals surface area contributed by atoms with Crippen LogP contribution in [0.5, 0.6) is 0 Å². The standard InChI is InChI=1S/C21H19N7/c1-2-27-21(9-11-24-27)25-19-7-8-20-23-14-17(28(20)26-19)13-15-5-6-18-16(12-15)4-3-10-22-18/h3-12,14H,2,13H2,1H3,(H,25,26). The van der Waals surface area contributed by atoms with Crippen LogP contribution in [0.25, 0.3) is 16.6 Å². The quantitative estimate of drug-likeness (QED) is 0.510. The number of rotatable bonds is 5. The number of benzene rings is 1. The van der Waals surface area contributed by atoms with Crippen molar-refractivity contribution in [3.8, 4) is 0 Å². The maximum absolute atomic E-state index is 4.73. The molecule has 0 aliphatic carbocycles. The van der Waals surface area contributed by atoms with E-state index in [2.05, 4.69) is 51.6 Å². The first kappa shape index (κ1) is 16.4. The molecule has 4 aromatic heterocycles. The van der Waals surface area contributed by atoms with Gasteiger partial charge >= 0.3 is 0 Å². The van der Waals surface area contributed by atoms with Crippen LogP contribution in [0.15, 0.2) is 67.1 Å². The van der Waals surface area contributed by atoms with Gasteiger partial charge in [-0.25, -0.2) is 14.2 Å². The second-order valence-electron chi connectivity index (χ2n) is 6.60. The number of pyridine rings is 1. The molecule has 0 radical (unpaired) electrons. The normalized spacial score (nSPS) is 11.3. The molecule has 0 spiro atoms. The average molecular weight is 369 g/mol. The van der Waals surface area contributed by atoms with E-state index in [4.69, 9.17) is 5.10 Å². The van der Waals surface area contributed by atoms with Gasteiger partial charge in [0.1, 0.15) is 5.82 Å². The number of nitrogens with one attached hydrogen (secondary N) is 1. The summed E-state index contributed by atoms with van der Waals surface area (Å²) >= 11 is 0. The number of imidazole rings is 1. The van der Waals surface area contributed by atoms with Gasteiger partial charge in [0.2, 0.25) is 0 Å². The lowest BCUT2D eigenvalue weighted by Crippen LogP contribution is -2.06. The molecular formula is C21H19N7. The number of aromatic nitrogens is 6. The summed E-state index contributed by atoms with van der Waals surface area (Å²) < 4.78 is 3.78. The van der Waals surface area contributed by atoms with E-state index in [-0.39, 0.29) is 0 Å². The van der Waals surface area contributed by atoms with Crippen molar-refractivity contribution in [3.05, 3.63) is 78.4 Å². The lowest BCUT2D eigenvalue weighted by Gasteiger charge is -2.08. The van der Waals surface area contributed by atoms with Crippen molar-refractivity contribution in [2.24, 2.45) is 0 Å². The maximum atomic E-state index is 4.73. The summed E-state index contributed by atoms with van der Waals surface area (Å²) in [4.78, 5) is 8.88. The number of nitrogens with zero attached hydrogens (tertiary/aromatic N) is 6. The molecule has 1 N–H and O–H groups in total. The summed E-state index contributed by atoms with van der Waals surface area (Å²) in [5, 5.41) is 13.5. The Morgan fingerprint density at radius 3 is 2.89 bits per heavy atom. The molecule has 0 bridgehead atoms. The highest BCUT2D eigenvalue weighted by atomic mass is 15.3. The predicted octanol–water partition coefficient (Wildman–Crippen LogP) is 3.83. The minimum atomic E-state index is 0.745. The average Bonchev–Trinajstić information content (AvgIpc) is 3.34. The van der Waals surface area contributed by atoms with Crippen LogP contribution in [-0.2, 0) is 13.0 Å². The van der Waals surface area contributed by atoms with E-state index in [0.29, 0.717) is 0 Å². The topological polar surface area (TPSA) is 72.9 Å². The van der Waals surface area contributed by atoms with Crippen molar-refractivity contribution < 1.29 is 0 Å². The van der Waals surface area contributed by atoms with Crippen LogP contribution in [0, 0.1) is 0 Å². The van der Waals surface area contributed by atoms with E-state index in [9.17, 15) is 0 Å². The monoisotopic (exact) mass is 369 g/mol. The van der Waals surface area contributed by atoms with Crippen molar-refractivity contribution in [3.63, 3.8) is 0 Å². The Labute approximate surface area is 161 Å². The molecule has 5 aromatic rings. The molecule has 4 heterocycles. The molecule has 0 saturated heterocycles. The fourth-order valence-corrected chi connectivity index (χ4v) is 3.37. The molecule has 7 heteroatoms. The minimum Gasteiger partial charge on any atom is -0.324 e. The molecule has 0 aliphatic rings. The molecule has 138 valence electrons. The summed E-state index contributed by atoms with van der Waals surface area (Å²) in [5.41, 5.74) is 4.06. The van der Waals surface area contributed by atoms with Gasteiger partial charge in [0.25, 0.3) is 0 Å². The van der Waals surface area contributed by atoms with Crippen LogP contribution in [-0.4, -0.2) is 29.4 Å². The van der Waals surface area contributed by atoms with E-state index in [1.54, 1.807) is 6.20 Å². The van der Waals surface area contributed by atoms with Crippen LogP contribution < -0.4 is 5.32 Å². The molecule has 0 amide bonds. The molecule has 28 heavy (non-hydrogen) atoms. The summed E-state index contributed by atoms with van der Waals surface area (Å²) in [6.07, 6.45) is 6.22. The highest BCUT2D eigenvalue weighted by Gasteiger charge is 2.09. The first-order chi connectivity index (χ1) is 13.8. The number of hydrogen-bond acceptors (Lipinski definition) is 5. The van der Waals surface area contributed by atoms with Crippen molar-refractivity contribution in [2.75, 3.05) is 5.32 Å². The van der Waals surface area contributed by atoms with Crippen molar-refractivity contribution in [2.45, 2.75) is 19.9 Å². The minimum absolute atomic E-state index is 0.745. The van der Waals surface area contributed by atoms with E-state index in [1.807, 2.05) is 45.9 Å². The van der Waals surface area contributed by atoms with Gasteiger partial charge < -0.3 is 5.32 Å². The highest BCUT2D eigenvalue weighted by Crippen LogP contribution is 2.19. The molecular weight excluding hydrogens is 350 g/mol. The van der Waals surface area contributed by atoms with Gasteiger partial charge in [-0.2, -0.15) is 5.10 Å². The van der Waals surface area contributed by atoms with Gasteiger partial charge in [0.05, 0.1) is 23.6 Å². The van der Waals surface area contributed by atoms with Crippen molar-refractivity contribution >= 4 is 28.2 Å². The van der Waals surface area contributed by atoms with Crippen LogP contribution in [0.3, 0.4) is 0 Å². The van der Waals surface area contributed by atoms with Crippen molar-refractivity contribution in [1.29, 1.82) is 0 Å². The van der Waals surface area contributed by atoms with E-state index >= 15 is 0 Å². The van der Waals surface area contributed by atoms with E-state index in [1.165, 1.54) is 5.56 Å². The first-order valence-electron chi connectivity index (χ1n) is 9.26. The van der Waals surface area contributed by atoms with Gasteiger partial charge in [-0.3, -0.25) is 4.98 Å². The number of fused-ring (bicyclic) bond motifs is 2. The van der Waals surface area contributed by atoms with Crippen LogP contribution in [0.1, 0.15) is 18.2 Å². The number of aryl methyl sites for hydroxylation is 1. The molecule has 0 fully saturated rings.